The van der Waals surface area contributed by atoms with Crippen molar-refractivity contribution in [1.82, 2.24) is 0 Å². The van der Waals surface area contributed by atoms with E-state index in [1.165, 1.54) is 12.1 Å². The Morgan fingerprint density at radius 2 is 1.86 bits per heavy atom. The van der Waals surface area contributed by atoms with Crippen LogP contribution in [0.2, 0.25) is 5.02 Å². The molecule has 0 spiro atoms. The molecule has 0 amide bonds. The molecule has 2 aromatic rings. The molecule has 0 atom stereocenters. The maximum atomic E-state index is 12.1. The summed E-state index contributed by atoms with van der Waals surface area (Å²) in [4.78, 5) is 0. The number of sulfonamides is 1. The molecular weight excluding hydrogens is 308 g/mol. The molecule has 0 radical (unpaired) electrons. The minimum Gasteiger partial charge on any atom is -0.282 e. The monoisotopic (exact) mass is 320 g/mol. The molecule has 0 aromatic heterocycles. The Balaban J connectivity index is 2.11. The topological polar surface area (TPSA) is 70.0 Å². The summed E-state index contributed by atoms with van der Waals surface area (Å²) in [6.07, 6.45) is 0.401. The zero-order valence-electron chi connectivity index (χ0n) is 11.1. The Morgan fingerprint density at radius 1 is 1.14 bits per heavy atom. The number of aryl methyl sites for hydroxylation is 1. The molecule has 2 aromatic carbocycles. The molecular formula is C15H13ClN2O2S. The first-order valence-corrected chi connectivity index (χ1v) is 8.27. The van der Waals surface area contributed by atoms with E-state index in [9.17, 15) is 8.42 Å². The van der Waals surface area contributed by atoms with Gasteiger partial charge in [-0.1, -0.05) is 41.9 Å². The van der Waals surface area contributed by atoms with Crippen molar-refractivity contribution in [1.29, 1.82) is 5.26 Å². The third-order valence-electron chi connectivity index (χ3n) is 2.87. The summed E-state index contributed by atoms with van der Waals surface area (Å²) in [5.41, 5.74) is 1.38. The first-order chi connectivity index (χ1) is 10.00. The minimum absolute atomic E-state index is 0.0611. The molecule has 0 aliphatic heterocycles. The van der Waals surface area contributed by atoms with Crippen LogP contribution in [0.5, 0.6) is 0 Å². The number of benzene rings is 2. The highest BCUT2D eigenvalue weighted by Gasteiger charge is 2.13. The lowest BCUT2D eigenvalue weighted by molar-refractivity contribution is 0.600. The van der Waals surface area contributed by atoms with E-state index in [2.05, 4.69) is 4.72 Å². The Morgan fingerprint density at radius 3 is 2.52 bits per heavy atom. The Kier molecular flexibility index (Phi) is 4.84. The third kappa shape index (κ3) is 4.48. The highest BCUT2D eigenvalue weighted by Crippen LogP contribution is 2.21. The summed E-state index contributed by atoms with van der Waals surface area (Å²) in [6.45, 7) is 0. The smallest absolute Gasteiger partial charge is 0.233 e. The average molecular weight is 321 g/mol. The molecule has 108 valence electrons. The van der Waals surface area contributed by atoms with Gasteiger partial charge in [0.1, 0.15) is 6.07 Å². The van der Waals surface area contributed by atoms with Crippen LogP contribution in [0.1, 0.15) is 11.1 Å². The first-order valence-electron chi connectivity index (χ1n) is 6.24. The zero-order valence-corrected chi connectivity index (χ0v) is 12.7. The van der Waals surface area contributed by atoms with Crippen LogP contribution in [-0.2, 0) is 16.4 Å². The fraction of sp³-hybridized carbons (Fsp3) is 0.133. The SMILES string of the molecule is N#Cc1ccc(Cl)cc1NS(=O)(=O)CCc1ccccc1. The van der Waals surface area contributed by atoms with Crippen molar-refractivity contribution < 1.29 is 8.42 Å². The van der Waals surface area contributed by atoms with Gasteiger partial charge in [-0.3, -0.25) is 4.72 Å². The molecule has 0 fully saturated rings. The average Bonchev–Trinajstić information content (AvgIpc) is 2.46. The van der Waals surface area contributed by atoms with Gasteiger partial charge in [0.15, 0.2) is 0 Å². The van der Waals surface area contributed by atoms with E-state index in [4.69, 9.17) is 16.9 Å². The summed E-state index contributed by atoms with van der Waals surface area (Å²) in [7, 11) is -3.54. The van der Waals surface area contributed by atoms with Gasteiger partial charge in [-0.25, -0.2) is 8.42 Å². The summed E-state index contributed by atoms with van der Waals surface area (Å²) in [6, 6.07) is 15.7. The molecule has 0 unspecified atom stereocenters. The van der Waals surface area contributed by atoms with Gasteiger partial charge in [-0.15, -0.1) is 0 Å². The Bertz CT molecular complexity index is 768. The molecule has 0 bridgehead atoms. The van der Waals surface area contributed by atoms with Gasteiger partial charge < -0.3 is 0 Å². The van der Waals surface area contributed by atoms with Crippen LogP contribution in [-0.4, -0.2) is 14.2 Å². The van der Waals surface area contributed by atoms with E-state index in [0.29, 0.717) is 11.4 Å². The summed E-state index contributed by atoms with van der Waals surface area (Å²) >= 11 is 5.83. The van der Waals surface area contributed by atoms with Crippen LogP contribution in [0.3, 0.4) is 0 Å². The molecule has 0 saturated carbocycles. The van der Waals surface area contributed by atoms with Crippen molar-refractivity contribution in [3.05, 3.63) is 64.7 Å². The highest BCUT2D eigenvalue weighted by atomic mass is 35.5. The number of rotatable bonds is 5. The lowest BCUT2D eigenvalue weighted by Crippen LogP contribution is -2.18. The molecule has 0 aliphatic carbocycles. The van der Waals surface area contributed by atoms with Crippen molar-refractivity contribution >= 4 is 27.3 Å². The summed E-state index contributed by atoms with van der Waals surface area (Å²) < 4.78 is 26.6. The molecule has 0 aliphatic rings. The normalized spacial score (nSPS) is 10.9. The van der Waals surface area contributed by atoms with Gasteiger partial charge in [-0.05, 0) is 30.2 Å². The number of hydrogen-bond acceptors (Lipinski definition) is 3. The predicted octanol–water partition coefficient (Wildman–Crippen LogP) is 3.20. The molecule has 6 heteroatoms. The van der Waals surface area contributed by atoms with Crippen LogP contribution in [0.4, 0.5) is 5.69 Å². The summed E-state index contributed by atoms with van der Waals surface area (Å²) in [5.74, 6) is -0.0611. The Labute approximate surface area is 129 Å². The van der Waals surface area contributed by atoms with Crippen molar-refractivity contribution in [2.24, 2.45) is 0 Å². The van der Waals surface area contributed by atoms with Gasteiger partial charge in [0.25, 0.3) is 0 Å². The van der Waals surface area contributed by atoms with Crippen LogP contribution in [0.25, 0.3) is 0 Å². The van der Waals surface area contributed by atoms with Crippen LogP contribution in [0.15, 0.2) is 48.5 Å². The summed E-state index contributed by atoms with van der Waals surface area (Å²) in [5, 5.41) is 9.36. The molecule has 2 rings (SSSR count). The van der Waals surface area contributed by atoms with Crippen molar-refractivity contribution in [3.8, 4) is 6.07 Å². The van der Waals surface area contributed by atoms with E-state index >= 15 is 0 Å². The minimum atomic E-state index is -3.54. The lowest BCUT2D eigenvalue weighted by atomic mass is 10.2. The van der Waals surface area contributed by atoms with Crippen LogP contribution >= 0.6 is 11.6 Å². The number of nitrogens with zero attached hydrogens (tertiary/aromatic N) is 1. The van der Waals surface area contributed by atoms with Gasteiger partial charge in [0.2, 0.25) is 10.0 Å². The predicted molar refractivity (Wildman–Crippen MR) is 83.7 cm³/mol. The second-order valence-corrected chi connectivity index (χ2v) is 6.74. The number of nitriles is 1. The van der Waals surface area contributed by atoms with Crippen molar-refractivity contribution in [3.63, 3.8) is 0 Å². The van der Waals surface area contributed by atoms with Gasteiger partial charge in [0.05, 0.1) is 17.0 Å². The lowest BCUT2D eigenvalue weighted by Gasteiger charge is -2.10. The third-order valence-corrected chi connectivity index (χ3v) is 4.38. The van der Waals surface area contributed by atoms with E-state index in [1.807, 2.05) is 36.4 Å². The molecule has 0 heterocycles. The highest BCUT2D eigenvalue weighted by molar-refractivity contribution is 7.92. The largest absolute Gasteiger partial charge is 0.282 e. The standard InChI is InChI=1S/C15H13ClN2O2S/c16-14-7-6-13(11-17)15(10-14)18-21(19,20)9-8-12-4-2-1-3-5-12/h1-7,10,18H,8-9H2. The van der Waals surface area contributed by atoms with Crippen LogP contribution in [0, 0.1) is 11.3 Å². The molecule has 4 nitrogen and oxygen atoms in total. The number of nitrogens with one attached hydrogen (secondary N) is 1. The van der Waals surface area contributed by atoms with Gasteiger partial charge in [0, 0.05) is 5.02 Å². The quantitative estimate of drug-likeness (QED) is 0.919. The Hall–Kier alpha value is -2.03. The molecule has 21 heavy (non-hydrogen) atoms. The van der Waals surface area contributed by atoms with E-state index in [-0.39, 0.29) is 17.0 Å². The van der Waals surface area contributed by atoms with E-state index in [0.717, 1.165) is 5.56 Å². The maximum Gasteiger partial charge on any atom is 0.233 e. The maximum absolute atomic E-state index is 12.1. The number of anilines is 1. The zero-order chi connectivity index (χ0) is 15.3. The fourth-order valence-electron chi connectivity index (χ4n) is 1.81. The van der Waals surface area contributed by atoms with E-state index < -0.39 is 10.0 Å². The second kappa shape index (κ2) is 6.61. The fourth-order valence-corrected chi connectivity index (χ4v) is 3.10. The number of halogens is 1. The van der Waals surface area contributed by atoms with Crippen molar-refractivity contribution in [2.75, 3.05) is 10.5 Å². The molecule has 0 saturated heterocycles. The second-order valence-electron chi connectivity index (χ2n) is 4.46. The van der Waals surface area contributed by atoms with Crippen molar-refractivity contribution in [2.45, 2.75) is 6.42 Å². The molecule has 1 N–H and O–H groups in total. The first kappa shape index (κ1) is 15.4. The van der Waals surface area contributed by atoms with Gasteiger partial charge >= 0.3 is 0 Å². The van der Waals surface area contributed by atoms with E-state index in [1.54, 1.807) is 6.07 Å². The number of hydrogen-bond donors (Lipinski definition) is 1. The van der Waals surface area contributed by atoms with Crippen LogP contribution < -0.4 is 4.72 Å². The van der Waals surface area contributed by atoms with Gasteiger partial charge in [-0.2, -0.15) is 5.26 Å².